The molecule has 10 heteroatoms. The zero-order chi connectivity index (χ0) is 22.2. The van der Waals surface area contributed by atoms with E-state index in [1.54, 1.807) is 17.7 Å². The summed E-state index contributed by atoms with van der Waals surface area (Å²) < 4.78 is 27.3. The molecule has 2 aliphatic heterocycles. The van der Waals surface area contributed by atoms with Crippen molar-refractivity contribution in [1.29, 1.82) is 0 Å². The SMILES string of the molecule is Cc1cc(F)c2c(c1)OC[C@H](NC(=O)c1nc3n(n1)CCOC3c1ccccc1)C(=O)N2. The Labute approximate surface area is 182 Å². The third-order valence-electron chi connectivity index (χ3n) is 5.30. The lowest BCUT2D eigenvalue weighted by Crippen LogP contribution is -2.46. The smallest absolute Gasteiger partial charge is 0.291 e. The van der Waals surface area contributed by atoms with Crippen LogP contribution in [0.4, 0.5) is 10.1 Å². The van der Waals surface area contributed by atoms with E-state index < -0.39 is 29.8 Å². The Balaban J connectivity index is 1.34. The summed E-state index contributed by atoms with van der Waals surface area (Å²) >= 11 is 0. The number of rotatable bonds is 3. The van der Waals surface area contributed by atoms with Crippen molar-refractivity contribution in [1.82, 2.24) is 20.1 Å². The molecular weight excluding hydrogens is 417 g/mol. The quantitative estimate of drug-likeness (QED) is 0.649. The van der Waals surface area contributed by atoms with E-state index >= 15 is 0 Å². The van der Waals surface area contributed by atoms with Gasteiger partial charge in [-0.3, -0.25) is 9.59 Å². The van der Waals surface area contributed by atoms with Gasteiger partial charge in [0.1, 0.15) is 30.2 Å². The molecule has 164 valence electrons. The van der Waals surface area contributed by atoms with Gasteiger partial charge in [0.05, 0.1) is 13.2 Å². The number of halogens is 1. The number of aryl methyl sites for hydroxylation is 1. The minimum Gasteiger partial charge on any atom is -0.489 e. The van der Waals surface area contributed by atoms with Crippen molar-refractivity contribution in [2.75, 3.05) is 18.5 Å². The van der Waals surface area contributed by atoms with Crippen LogP contribution < -0.4 is 15.4 Å². The maximum absolute atomic E-state index is 14.2. The number of aromatic nitrogens is 3. The van der Waals surface area contributed by atoms with Gasteiger partial charge < -0.3 is 20.1 Å². The van der Waals surface area contributed by atoms with Crippen LogP contribution >= 0.6 is 0 Å². The summed E-state index contributed by atoms with van der Waals surface area (Å²) in [4.78, 5) is 29.8. The van der Waals surface area contributed by atoms with E-state index in [-0.39, 0.29) is 23.9 Å². The number of anilines is 1. The molecule has 2 aromatic carbocycles. The molecule has 0 radical (unpaired) electrons. The topological polar surface area (TPSA) is 107 Å². The van der Waals surface area contributed by atoms with Gasteiger partial charge in [-0.05, 0) is 30.2 Å². The molecule has 0 saturated heterocycles. The lowest BCUT2D eigenvalue weighted by atomic mass is 10.1. The molecule has 5 rings (SSSR count). The molecule has 0 saturated carbocycles. The third kappa shape index (κ3) is 3.69. The Hall–Kier alpha value is -3.79. The first kappa shape index (κ1) is 20.1. The fraction of sp³-hybridized carbons (Fsp3) is 0.273. The van der Waals surface area contributed by atoms with Crippen LogP contribution in [0.25, 0.3) is 0 Å². The molecule has 2 N–H and O–H groups in total. The van der Waals surface area contributed by atoms with Gasteiger partial charge in [-0.15, -0.1) is 5.10 Å². The Morgan fingerprint density at radius 2 is 2.09 bits per heavy atom. The number of hydrogen-bond acceptors (Lipinski definition) is 6. The van der Waals surface area contributed by atoms with Crippen molar-refractivity contribution < 1.29 is 23.5 Å². The predicted octanol–water partition coefficient (Wildman–Crippen LogP) is 1.97. The number of hydrogen-bond donors (Lipinski definition) is 2. The summed E-state index contributed by atoms with van der Waals surface area (Å²) in [5.41, 5.74) is 1.51. The Bertz CT molecular complexity index is 1200. The zero-order valence-corrected chi connectivity index (χ0v) is 17.2. The molecule has 3 heterocycles. The fourth-order valence-corrected chi connectivity index (χ4v) is 3.75. The Morgan fingerprint density at radius 1 is 1.28 bits per heavy atom. The van der Waals surface area contributed by atoms with Crippen molar-refractivity contribution in [2.45, 2.75) is 25.6 Å². The van der Waals surface area contributed by atoms with Crippen molar-refractivity contribution in [2.24, 2.45) is 0 Å². The zero-order valence-electron chi connectivity index (χ0n) is 17.2. The second-order valence-electron chi connectivity index (χ2n) is 7.62. The second kappa shape index (κ2) is 8.04. The first-order valence-corrected chi connectivity index (χ1v) is 10.2. The van der Waals surface area contributed by atoms with E-state index in [4.69, 9.17) is 9.47 Å². The highest BCUT2D eigenvalue weighted by atomic mass is 19.1. The number of amides is 2. The van der Waals surface area contributed by atoms with Crippen LogP contribution in [0.2, 0.25) is 0 Å². The number of carbonyl (C=O) groups excluding carboxylic acids is 2. The monoisotopic (exact) mass is 437 g/mol. The predicted molar refractivity (Wildman–Crippen MR) is 111 cm³/mol. The van der Waals surface area contributed by atoms with Crippen LogP contribution in [0, 0.1) is 12.7 Å². The lowest BCUT2D eigenvalue weighted by molar-refractivity contribution is -0.118. The van der Waals surface area contributed by atoms with Gasteiger partial charge in [-0.1, -0.05) is 30.3 Å². The van der Waals surface area contributed by atoms with Crippen molar-refractivity contribution in [3.05, 3.63) is 71.1 Å². The van der Waals surface area contributed by atoms with Gasteiger partial charge >= 0.3 is 0 Å². The number of nitrogens with zero attached hydrogens (tertiary/aromatic N) is 3. The van der Waals surface area contributed by atoms with Gasteiger partial charge in [0.25, 0.3) is 11.8 Å². The van der Waals surface area contributed by atoms with Crippen LogP contribution in [0.5, 0.6) is 5.75 Å². The van der Waals surface area contributed by atoms with Gasteiger partial charge in [-0.2, -0.15) is 0 Å². The molecule has 0 fully saturated rings. The molecule has 32 heavy (non-hydrogen) atoms. The number of fused-ring (bicyclic) bond motifs is 2. The van der Waals surface area contributed by atoms with E-state index in [0.717, 1.165) is 5.56 Å². The molecular formula is C22H20FN5O4. The lowest BCUT2D eigenvalue weighted by Gasteiger charge is -2.22. The maximum atomic E-state index is 14.2. The van der Waals surface area contributed by atoms with Crippen LogP contribution in [0.1, 0.15) is 33.7 Å². The minimum atomic E-state index is -1.05. The van der Waals surface area contributed by atoms with Crippen LogP contribution in [-0.4, -0.2) is 45.8 Å². The highest BCUT2D eigenvalue weighted by Gasteiger charge is 2.32. The standard InChI is InChI=1S/C22H20FN5O4/c1-12-9-14(23)17-16(10-12)32-11-15(21(29)25-17)24-22(30)19-26-20-18(13-5-3-2-4-6-13)31-8-7-28(20)27-19/h2-6,9-10,15,18H,7-8,11H2,1H3,(H,24,30)(H,25,29)/t15-,18?/m0/s1. The fourth-order valence-electron chi connectivity index (χ4n) is 3.75. The molecule has 9 nitrogen and oxygen atoms in total. The summed E-state index contributed by atoms with van der Waals surface area (Å²) in [6, 6.07) is 11.4. The van der Waals surface area contributed by atoms with E-state index in [0.29, 0.717) is 24.5 Å². The highest BCUT2D eigenvalue weighted by Crippen LogP contribution is 2.31. The highest BCUT2D eigenvalue weighted by molar-refractivity contribution is 6.01. The van der Waals surface area contributed by atoms with Gasteiger partial charge in [0.2, 0.25) is 5.82 Å². The second-order valence-corrected chi connectivity index (χ2v) is 7.62. The van der Waals surface area contributed by atoms with Gasteiger partial charge in [-0.25, -0.2) is 14.1 Å². The molecule has 0 bridgehead atoms. The number of nitrogens with one attached hydrogen (secondary N) is 2. The Morgan fingerprint density at radius 3 is 2.91 bits per heavy atom. The van der Waals surface area contributed by atoms with E-state index in [1.807, 2.05) is 30.3 Å². The molecule has 0 spiro atoms. The molecule has 1 aromatic heterocycles. The average Bonchev–Trinajstić information content (AvgIpc) is 3.17. The number of carbonyl (C=O) groups is 2. The molecule has 2 aliphatic rings. The van der Waals surface area contributed by atoms with Gasteiger partial charge in [0, 0.05) is 0 Å². The average molecular weight is 437 g/mol. The van der Waals surface area contributed by atoms with Crippen LogP contribution in [0.15, 0.2) is 42.5 Å². The summed E-state index contributed by atoms with van der Waals surface area (Å²) in [6.07, 6.45) is -0.441. The first-order valence-electron chi connectivity index (χ1n) is 10.2. The molecule has 1 unspecified atom stereocenters. The maximum Gasteiger partial charge on any atom is 0.291 e. The van der Waals surface area contributed by atoms with Gasteiger partial charge in [0.15, 0.2) is 11.6 Å². The van der Waals surface area contributed by atoms with Crippen molar-refractivity contribution in [3.63, 3.8) is 0 Å². The van der Waals surface area contributed by atoms with Crippen molar-refractivity contribution in [3.8, 4) is 5.75 Å². The summed E-state index contributed by atoms with van der Waals surface area (Å²) in [5.74, 6) is -1.18. The first-order chi connectivity index (χ1) is 15.5. The molecule has 2 amide bonds. The molecule has 3 aromatic rings. The minimum absolute atomic E-state index is 0.0456. The summed E-state index contributed by atoms with van der Waals surface area (Å²) in [6.45, 7) is 2.45. The normalized spacial score (nSPS) is 19.8. The molecule has 2 atom stereocenters. The number of benzene rings is 2. The van der Waals surface area contributed by atoms with Crippen molar-refractivity contribution >= 4 is 17.5 Å². The largest absolute Gasteiger partial charge is 0.489 e. The summed E-state index contributed by atoms with van der Waals surface area (Å²) in [7, 11) is 0. The van der Waals surface area contributed by atoms with E-state index in [2.05, 4.69) is 20.7 Å². The Kier molecular flexibility index (Phi) is 5.06. The van der Waals surface area contributed by atoms with E-state index in [1.165, 1.54) is 6.07 Å². The van der Waals surface area contributed by atoms with E-state index in [9.17, 15) is 14.0 Å². The van der Waals surface area contributed by atoms with Crippen LogP contribution in [0.3, 0.4) is 0 Å². The summed E-state index contributed by atoms with van der Waals surface area (Å²) in [5, 5.41) is 9.35. The molecule has 0 aliphatic carbocycles. The third-order valence-corrected chi connectivity index (χ3v) is 5.30. The number of ether oxygens (including phenoxy) is 2. The van der Waals surface area contributed by atoms with Crippen LogP contribution in [-0.2, 0) is 16.1 Å².